The summed E-state index contributed by atoms with van der Waals surface area (Å²) < 4.78 is 24.7. The number of benzene rings is 2. The van der Waals surface area contributed by atoms with Gasteiger partial charge < -0.3 is 10.4 Å². The number of nitrogens with one attached hydrogen (secondary N) is 1. The quantitative estimate of drug-likeness (QED) is 0.759. The SMILES string of the molecule is CCS(=O)(=O)c1ccc(O)c(NC(=O)Cc2ccc(Br)cc2)c1. The van der Waals surface area contributed by atoms with Crippen molar-refractivity contribution in [3.8, 4) is 5.75 Å². The third-order valence-corrected chi connectivity index (χ3v) is 5.52. The number of carbonyl (C=O) groups is 1. The van der Waals surface area contributed by atoms with Crippen LogP contribution in [0.25, 0.3) is 0 Å². The number of halogens is 1. The van der Waals surface area contributed by atoms with E-state index in [0.29, 0.717) is 0 Å². The van der Waals surface area contributed by atoms with E-state index in [2.05, 4.69) is 21.2 Å². The summed E-state index contributed by atoms with van der Waals surface area (Å²) in [6, 6.07) is 11.1. The van der Waals surface area contributed by atoms with Gasteiger partial charge in [-0.25, -0.2) is 8.42 Å². The Hall–Kier alpha value is -1.86. The van der Waals surface area contributed by atoms with Crippen LogP contribution in [-0.2, 0) is 21.1 Å². The molecule has 2 aromatic carbocycles. The molecule has 0 radical (unpaired) electrons. The Morgan fingerprint density at radius 1 is 1.17 bits per heavy atom. The summed E-state index contributed by atoms with van der Waals surface area (Å²) in [5, 5.41) is 12.4. The lowest BCUT2D eigenvalue weighted by molar-refractivity contribution is -0.115. The van der Waals surface area contributed by atoms with Crippen LogP contribution < -0.4 is 5.32 Å². The van der Waals surface area contributed by atoms with Crippen molar-refractivity contribution in [3.63, 3.8) is 0 Å². The van der Waals surface area contributed by atoms with E-state index in [9.17, 15) is 18.3 Å². The molecule has 0 aromatic heterocycles. The van der Waals surface area contributed by atoms with Crippen LogP contribution in [0.3, 0.4) is 0 Å². The summed E-state index contributed by atoms with van der Waals surface area (Å²) in [4.78, 5) is 12.1. The van der Waals surface area contributed by atoms with Crippen molar-refractivity contribution in [3.05, 3.63) is 52.5 Å². The Kier molecular flexibility index (Phi) is 5.43. The van der Waals surface area contributed by atoms with Crippen LogP contribution in [0.15, 0.2) is 51.8 Å². The molecule has 0 saturated carbocycles. The fourth-order valence-electron chi connectivity index (χ4n) is 1.96. The first-order chi connectivity index (χ1) is 10.8. The summed E-state index contributed by atoms with van der Waals surface area (Å²) in [6.45, 7) is 1.54. The number of phenols is 1. The van der Waals surface area contributed by atoms with Gasteiger partial charge in [0.25, 0.3) is 0 Å². The topological polar surface area (TPSA) is 83.5 Å². The van der Waals surface area contributed by atoms with Crippen molar-refractivity contribution in [2.45, 2.75) is 18.2 Å². The lowest BCUT2D eigenvalue weighted by Crippen LogP contribution is -2.15. The van der Waals surface area contributed by atoms with Gasteiger partial charge in [0.1, 0.15) is 5.75 Å². The maximum Gasteiger partial charge on any atom is 0.228 e. The number of amides is 1. The van der Waals surface area contributed by atoms with E-state index in [0.717, 1.165) is 10.0 Å². The number of carbonyl (C=O) groups excluding carboxylic acids is 1. The zero-order valence-corrected chi connectivity index (χ0v) is 14.8. The average molecular weight is 398 g/mol. The second-order valence-corrected chi connectivity index (χ2v) is 8.13. The monoisotopic (exact) mass is 397 g/mol. The second kappa shape index (κ2) is 7.14. The number of aromatic hydroxyl groups is 1. The lowest BCUT2D eigenvalue weighted by Gasteiger charge is -2.10. The van der Waals surface area contributed by atoms with Crippen LogP contribution in [0.4, 0.5) is 5.69 Å². The zero-order chi connectivity index (χ0) is 17.0. The van der Waals surface area contributed by atoms with Gasteiger partial charge >= 0.3 is 0 Å². The molecule has 1 amide bonds. The predicted octanol–water partition coefficient (Wildman–Crippen LogP) is 3.13. The van der Waals surface area contributed by atoms with Crippen LogP contribution >= 0.6 is 15.9 Å². The normalized spacial score (nSPS) is 11.2. The summed E-state index contributed by atoms with van der Waals surface area (Å²) >= 11 is 3.32. The molecule has 0 aliphatic rings. The Morgan fingerprint density at radius 3 is 2.43 bits per heavy atom. The maximum atomic E-state index is 12.1. The number of phenolic OH excluding ortho intramolecular Hbond substituents is 1. The minimum Gasteiger partial charge on any atom is -0.506 e. The number of rotatable bonds is 5. The van der Waals surface area contributed by atoms with Crippen LogP contribution in [-0.4, -0.2) is 25.2 Å². The highest BCUT2D eigenvalue weighted by molar-refractivity contribution is 9.10. The molecule has 0 fully saturated rings. The number of hydrogen-bond donors (Lipinski definition) is 2. The smallest absolute Gasteiger partial charge is 0.228 e. The summed E-state index contributed by atoms with van der Waals surface area (Å²) in [6.07, 6.45) is 0.122. The van der Waals surface area contributed by atoms with Crippen molar-refractivity contribution >= 4 is 37.4 Å². The van der Waals surface area contributed by atoms with Crippen molar-refractivity contribution in [2.75, 3.05) is 11.1 Å². The van der Waals surface area contributed by atoms with E-state index >= 15 is 0 Å². The molecule has 0 unspecified atom stereocenters. The van der Waals surface area contributed by atoms with Crippen LogP contribution in [0.5, 0.6) is 5.75 Å². The Labute approximate surface area is 143 Å². The maximum absolute atomic E-state index is 12.1. The van der Waals surface area contributed by atoms with Crippen molar-refractivity contribution < 1.29 is 18.3 Å². The van der Waals surface area contributed by atoms with Gasteiger partial charge in [-0.05, 0) is 35.9 Å². The van der Waals surface area contributed by atoms with E-state index in [4.69, 9.17) is 0 Å². The molecule has 0 saturated heterocycles. The molecule has 0 aliphatic carbocycles. The van der Waals surface area contributed by atoms with Gasteiger partial charge in [-0.1, -0.05) is 35.0 Å². The Balaban J connectivity index is 2.17. The molecule has 2 N–H and O–H groups in total. The molecule has 0 bridgehead atoms. The molecule has 5 nitrogen and oxygen atoms in total. The average Bonchev–Trinajstić information content (AvgIpc) is 2.51. The largest absolute Gasteiger partial charge is 0.506 e. The van der Waals surface area contributed by atoms with Crippen LogP contribution in [0.1, 0.15) is 12.5 Å². The van der Waals surface area contributed by atoms with Gasteiger partial charge in [0.2, 0.25) is 5.91 Å². The second-order valence-electron chi connectivity index (χ2n) is 4.93. The van der Waals surface area contributed by atoms with Gasteiger partial charge in [-0.2, -0.15) is 0 Å². The molecule has 0 heterocycles. The lowest BCUT2D eigenvalue weighted by atomic mass is 10.1. The number of hydrogen-bond acceptors (Lipinski definition) is 4. The van der Waals surface area contributed by atoms with Crippen molar-refractivity contribution in [1.29, 1.82) is 0 Å². The molecular formula is C16H16BrNO4S. The minimum absolute atomic E-state index is 0.0515. The van der Waals surface area contributed by atoms with Gasteiger partial charge in [-0.3, -0.25) is 4.79 Å². The van der Waals surface area contributed by atoms with Crippen molar-refractivity contribution in [1.82, 2.24) is 0 Å². The Morgan fingerprint density at radius 2 is 1.83 bits per heavy atom. The summed E-state index contributed by atoms with van der Waals surface area (Å²) in [5.74, 6) is -0.567. The molecule has 122 valence electrons. The highest BCUT2D eigenvalue weighted by Crippen LogP contribution is 2.27. The molecule has 7 heteroatoms. The fraction of sp³-hybridized carbons (Fsp3) is 0.188. The highest BCUT2D eigenvalue weighted by Gasteiger charge is 2.15. The zero-order valence-electron chi connectivity index (χ0n) is 12.4. The van der Waals surface area contributed by atoms with E-state index in [1.54, 1.807) is 0 Å². The summed E-state index contributed by atoms with van der Waals surface area (Å²) in [5.41, 5.74) is 0.893. The molecule has 2 rings (SSSR count). The first kappa shape index (κ1) is 17.5. The minimum atomic E-state index is -3.40. The molecule has 23 heavy (non-hydrogen) atoms. The fourth-order valence-corrected chi connectivity index (χ4v) is 3.13. The van der Waals surface area contributed by atoms with E-state index in [1.807, 2.05) is 24.3 Å². The number of sulfone groups is 1. The molecule has 0 spiro atoms. The highest BCUT2D eigenvalue weighted by atomic mass is 79.9. The molecule has 0 aliphatic heterocycles. The molecule has 0 atom stereocenters. The van der Waals surface area contributed by atoms with Gasteiger partial charge in [-0.15, -0.1) is 0 Å². The summed E-state index contributed by atoms with van der Waals surface area (Å²) in [7, 11) is -3.40. The number of anilines is 1. The standard InChI is InChI=1S/C16H16BrNO4S/c1-2-23(21,22)13-7-8-15(19)14(10-13)18-16(20)9-11-3-5-12(17)6-4-11/h3-8,10,19H,2,9H2,1H3,(H,18,20). The first-order valence-electron chi connectivity index (χ1n) is 6.92. The van der Waals surface area contributed by atoms with E-state index in [-0.39, 0.29) is 34.4 Å². The molecule has 2 aromatic rings. The third kappa shape index (κ3) is 4.56. The van der Waals surface area contributed by atoms with Crippen LogP contribution in [0.2, 0.25) is 0 Å². The predicted molar refractivity (Wildman–Crippen MR) is 92.3 cm³/mol. The molecular weight excluding hydrogens is 382 g/mol. The van der Waals surface area contributed by atoms with Gasteiger partial charge in [0, 0.05) is 4.47 Å². The van der Waals surface area contributed by atoms with Gasteiger partial charge in [0.05, 0.1) is 22.8 Å². The third-order valence-electron chi connectivity index (χ3n) is 3.26. The van der Waals surface area contributed by atoms with Crippen molar-refractivity contribution in [2.24, 2.45) is 0 Å². The van der Waals surface area contributed by atoms with E-state index < -0.39 is 9.84 Å². The first-order valence-corrected chi connectivity index (χ1v) is 9.36. The van der Waals surface area contributed by atoms with Gasteiger partial charge in [0.15, 0.2) is 9.84 Å². The van der Waals surface area contributed by atoms with E-state index in [1.165, 1.54) is 25.1 Å². The van der Waals surface area contributed by atoms with Crippen LogP contribution in [0, 0.1) is 0 Å². The Bertz CT molecular complexity index is 816.